The lowest BCUT2D eigenvalue weighted by atomic mass is 10.1. The quantitative estimate of drug-likeness (QED) is 0.732. The van der Waals surface area contributed by atoms with Crippen molar-refractivity contribution in [2.45, 2.75) is 26.4 Å². The van der Waals surface area contributed by atoms with E-state index in [4.69, 9.17) is 5.11 Å². The van der Waals surface area contributed by atoms with Gasteiger partial charge in [-0.2, -0.15) is 0 Å². The molecule has 0 saturated heterocycles. The van der Waals surface area contributed by atoms with Crippen molar-refractivity contribution in [1.29, 1.82) is 0 Å². The minimum absolute atomic E-state index is 0.00997. The third kappa shape index (κ3) is 3.63. The van der Waals surface area contributed by atoms with Crippen LogP contribution in [0, 0.1) is 0 Å². The number of hydrogen-bond acceptors (Lipinski definition) is 4. The summed E-state index contributed by atoms with van der Waals surface area (Å²) >= 11 is 0. The number of nitrogens with zero attached hydrogens (tertiary/aromatic N) is 1. The first-order chi connectivity index (χ1) is 8.45. The average molecular weight is 252 g/mol. The molecule has 1 rings (SSSR count). The Morgan fingerprint density at radius 2 is 2.11 bits per heavy atom. The largest absolute Gasteiger partial charge is 0.508 e. The number of benzene rings is 1. The van der Waals surface area contributed by atoms with Crippen molar-refractivity contribution < 1.29 is 15.0 Å². The van der Waals surface area contributed by atoms with E-state index < -0.39 is 0 Å². The molecule has 1 unspecified atom stereocenters. The van der Waals surface area contributed by atoms with Crippen molar-refractivity contribution in [1.82, 2.24) is 10.2 Å². The van der Waals surface area contributed by atoms with Crippen LogP contribution in [-0.4, -0.2) is 40.7 Å². The molecule has 5 nitrogen and oxygen atoms in total. The zero-order valence-electron chi connectivity index (χ0n) is 11.0. The summed E-state index contributed by atoms with van der Waals surface area (Å²) in [5.41, 5.74) is 0.645. The maximum absolute atomic E-state index is 11.8. The van der Waals surface area contributed by atoms with E-state index in [-0.39, 0.29) is 23.4 Å². The molecule has 0 aliphatic rings. The van der Waals surface area contributed by atoms with E-state index in [0.717, 1.165) is 0 Å². The molecule has 0 heterocycles. The third-order valence-corrected chi connectivity index (χ3v) is 2.89. The molecule has 1 atom stereocenters. The minimum Gasteiger partial charge on any atom is -0.508 e. The standard InChI is InChI=1S/C13H20N2O3/c1-4-15(3)13(18)9(2)14-8-10-5-6-11(16)7-12(10)17/h5-7,9,14,16-17H,4,8H2,1-3H3. The molecule has 0 saturated carbocycles. The predicted octanol–water partition coefficient (Wildman–Crippen LogP) is 1.05. The van der Waals surface area contributed by atoms with Gasteiger partial charge in [-0.3, -0.25) is 4.79 Å². The van der Waals surface area contributed by atoms with Gasteiger partial charge in [0.2, 0.25) is 5.91 Å². The van der Waals surface area contributed by atoms with Crippen molar-refractivity contribution in [2.75, 3.05) is 13.6 Å². The molecule has 1 aromatic carbocycles. The van der Waals surface area contributed by atoms with Crippen LogP contribution >= 0.6 is 0 Å². The fraction of sp³-hybridized carbons (Fsp3) is 0.462. The van der Waals surface area contributed by atoms with Crippen LogP contribution in [0.2, 0.25) is 0 Å². The van der Waals surface area contributed by atoms with Crippen molar-refractivity contribution in [2.24, 2.45) is 0 Å². The lowest BCUT2D eigenvalue weighted by molar-refractivity contribution is -0.131. The average Bonchev–Trinajstić information content (AvgIpc) is 2.35. The van der Waals surface area contributed by atoms with Crippen LogP contribution in [-0.2, 0) is 11.3 Å². The van der Waals surface area contributed by atoms with E-state index >= 15 is 0 Å². The molecule has 0 aromatic heterocycles. The lowest BCUT2D eigenvalue weighted by Crippen LogP contribution is -2.42. The maximum Gasteiger partial charge on any atom is 0.239 e. The molecule has 5 heteroatoms. The summed E-state index contributed by atoms with van der Waals surface area (Å²) in [6.07, 6.45) is 0. The summed E-state index contributed by atoms with van der Waals surface area (Å²) in [5.74, 6) is 0.0489. The molecule has 0 radical (unpaired) electrons. The zero-order chi connectivity index (χ0) is 13.7. The number of rotatable bonds is 5. The van der Waals surface area contributed by atoms with Gasteiger partial charge < -0.3 is 20.4 Å². The highest BCUT2D eigenvalue weighted by Gasteiger charge is 2.15. The second-order valence-corrected chi connectivity index (χ2v) is 4.27. The molecular weight excluding hydrogens is 232 g/mol. The maximum atomic E-state index is 11.8. The number of nitrogens with one attached hydrogen (secondary N) is 1. The van der Waals surface area contributed by atoms with Crippen molar-refractivity contribution in [3.63, 3.8) is 0 Å². The smallest absolute Gasteiger partial charge is 0.239 e. The van der Waals surface area contributed by atoms with Crippen LogP contribution in [0.15, 0.2) is 18.2 Å². The second kappa shape index (κ2) is 6.26. The SMILES string of the molecule is CCN(C)C(=O)C(C)NCc1ccc(O)cc1O. The summed E-state index contributed by atoms with van der Waals surface area (Å²) in [6.45, 7) is 4.73. The zero-order valence-corrected chi connectivity index (χ0v) is 11.0. The molecule has 0 bridgehead atoms. The monoisotopic (exact) mass is 252 g/mol. The molecular formula is C13H20N2O3. The van der Waals surface area contributed by atoms with E-state index in [0.29, 0.717) is 18.7 Å². The number of phenols is 2. The van der Waals surface area contributed by atoms with Gasteiger partial charge in [-0.25, -0.2) is 0 Å². The summed E-state index contributed by atoms with van der Waals surface area (Å²) in [6, 6.07) is 4.09. The van der Waals surface area contributed by atoms with E-state index in [1.807, 2.05) is 6.92 Å². The summed E-state index contributed by atoms with van der Waals surface area (Å²) in [4.78, 5) is 13.4. The van der Waals surface area contributed by atoms with E-state index in [2.05, 4.69) is 5.32 Å². The Bertz CT molecular complexity index is 421. The Hall–Kier alpha value is -1.75. The number of phenolic OH excluding ortho intramolecular Hbond substituents is 2. The Kier molecular flexibility index (Phi) is 4.97. The van der Waals surface area contributed by atoms with Gasteiger partial charge in [0.05, 0.1) is 6.04 Å². The molecule has 18 heavy (non-hydrogen) atoms. The molecule has 1 aromatic rings. The van der Waals surface area contributed by atoms with Crippen molar-refractivity contribution in [3.05, 3.63) is 23.8 Å². The summed E-state index contributed by atoms with van der Waals surface area (Å²) < 4.78 is 0. The van der Waals surface area contributed by atoms with Crippen molar-refractivity contribution in [3.8, 4) is 11.5 Å². The van der Waals surface area contributed by atoms with Crippen molar-refractivity contribution >= 4 is 5.91 Å². The molecule has 100 valence electrons. The molecule has 0 aliphatic heterocycles. The molecule has 0 aliphatic carbocycles. The fourth-order valence-electron chi connectivity index (χ4n) is 1.54. The predicted molar refractivity (Wildman–Crippen MR) is 69.4 cm³/mol. The highest BCUT2D eigenvalue weighted by Crippen LogP contribution is 2.22. The highest BCUT2D eigenvalue weighted by molar-refractivity contribution is 5.81. The van der Waals surface area contributed by atoms with Gasteiger partial charge in [0.25, 0.3) is 0 Å². The first kappa shape index (κ1) is 14.3. The molecule has 1 amide bonds. The Morgan fingerprint density at radius 3 is 2.67 bits per heavy atom. The third-order valence-electron chi connectivity index (χ3n) is 2.89. The number of aromatic hydroxyl groups is 2. The van der Waals surface area contributed by atoms with E-state index in [1.54, 1.807) is 24.9 Å². The normalized spacial score (nSPS) is 12.2. The Morgan fingerprint density at radius 1 is 1.44 bits per heavy atom. The van der Waals surface area contributed by atoms with E-state index in [9.17, 15) is 9.90 Å². The second-order valence-electron chi connectivity index (χ2n) is 4.27. The van der Waals surface area contributed by atoms with Crippen LogP contribution in [0.4, 0.5) is 0 Å². The van der Waals surface area contributed by atoms with Crippen LogP contribution in [0.25, 0.3) is 0 Å². The topological polar surface area (TPSA) is 72.8 Å². The fourth-order valence-corrected chi connectivity index (χ4v) is 1.54. The van der Waals surface area contributed by atoms with Gasteiger partial charge in [-0.05, 0) is 19.9 Å². The lowest BCUT2D eigenvalue weighted by Gasteiger charge is -2.20. The van der Waals surface area contributed by atoms with Gasteiger partial charge in [0.1, 0.15) is 11.5 Å². The van der Waals surface area contributed by atoms with Gasteiger partial charge >= 0.3 is 0 Å². The first-order valence-corrected chi connectivity index (χ1v) is 5.95. The van der Waals surface area contributed by atoms with Gasteiger partial charge in [-0.15, -0.1) is 0 Å². The van der Waals surface area contributed by atoms with Crippen LogP contribution in [0.3, 0.4) is 0 Å². The highest BCUT2D eigenvalue weighted by atomic mass is 16.3. The molecule has 0 fully saturated rings. The number of hydrogen-bond donors (Lipinski definition) is 3. The molecule has 3 N–H and O–H groups in total. The Labute approximate surface area is 107 Å². The van der Waals surface area contributed by atoms with E-state index in [1.165, 1.54) is 12.1 Å². The summed E-state index contributed by atoms with van der Waals surface area (Å²) in [5, 5.41) is 21.8. The number of amides is 1. The minimum atomic E-state index is -0.317. The van der Waals surface area contributed by atoms with Gasteiger partial charge in [0.15, 0.2) is 0 Å². The van der Waals surface area contributed by atoms with Crippen LogP contribution in [0.1, 0.15) is 19.4 Å². The molecule has 0 spiro atoms. The summed E-state index contributed by atoms with van der Waals surface area (Å²) in [7, 11) is 1.75. The van der Waals surface area contributed by atoms with Crippen LogP contribution < -0.4 is 5.32 Å². The number of likely N-dealkylation sites (N-methyl/N-ethyl adjacent to an activating group) is 1. The van der Waals surface area contributed by atoms with Crippen LogP contribution in [0.5, 0.6) is 11.5 Å². The number of carbonyl (C=O) groups is 1. The Balaban J connectivity index is 2.57. The number of carbonyl (C=O) groups excluding carboxylic acids is 1. The van der Waals surface area contributed by atoms with Gasteiger partial charge in [-0.1, -0.05) is 6.07 Å². The first-order valence-electron chi connectivity index (χ1n) is 5.95. The van der Waals surface area contributed by atoms with Gasteiger partial charge in [0, 0.05) is 31.8 Å².